The fourth-order valence-electron chi connectivity index (χ4n) is 3.34. The van der Waals surface area contributed by atoms with Crippen molar-refractivity contribution >= 4 is 32.9 Å². The standard InChI is InChI=1S/C23H19N/c1-2-16-24(20-12-4-3-5-13-20)23-21-14-8-6-10-18(21)17-19-11-7-9-15-22(19)23/h2-15,17H,1,16H2. The van der Waals surface area contributed by atoms with Gasteiger partial charge in [-0.2, -0.15) is 0 Å². The van der Waals surface area contributed by atoms with E-state index >= 15 is 0 Å². The molecule has 0 spiro atoms. The van der Waals surface area contributed by atoms with Crippen LogP contribution in [0.15, 0.2) is 97.6 Å². The van der Waals surface area contributed by atoms with Gasteiger partial charge in [0.25, 0.3) is 0 Å². The van der Waals surface area contributed by atoms with E-state index in [1.807, 2.05) is 6.08 Å². The second-order valence-corrected chi connectivity index (χ2v) is 5.90. The van der Waals surface area contributed by atoms with Crippen LogP contribution in [0.5, 0.6) is 0 Å². The molecule has 0 aliphatic carbocycles. The topological polar surface area (TPSA) is 3.24 Å². The molecular formula is C23H19N. The third-order valence-corrected chi connectivity index (χ3v) is 4.39. The molecule has 0 N–H and O–H groups in total. The minimum Gasteiger partial charge on any atom is -0.337 e. The van der Waals surface area contributed by atoms with Crippen LogP contribution in [-0.4, -0.2) is 6.54 Å². The van der Waals surface area contributed by atoms with Crippen molar-refractivity contribution in [2.75, 3.05) is 11.4 Å². The monoisotopic (exact) mass is 309 g/mol. The highest BCUT2D eigenvalue weighted by Crippen LogP contribution is 2.38. The molecule has 0 heterocycles. The van der Waals surface area contributed by atoms with Crippen molar-refractivity contribution in [3.05, 3.63) is 97.6 Å². The van der Waals surface area contributed by atoms with E-state index in [1.165, 1.54) is 32.9 Å². The van der Waals surface area contributed by atoms with E-state index < -0.39 is 0 Å². The van der Waals surface area contributed by atoms with E-state index in [2.05, 4.69) is 96.4 Å². The van der Waals surface area contributed by atoms with E-state index in [0.29, 0.717) is 0 Å². The molecule has 0 aliphatic rings. The molecule has 116 valence electrons. The highest BCUT2D eigenvalue weighted by atomic mass is 15.1. The first-order chi connectivity index (χ1) is 11.9. The lowest BCUT2D eigenvalue weighted by molar-refractivity contribution is 1.11. The molecule has 1 heteroatoms. The van der Waals surface area contributed by atoms with Gasteiger partial charge in [0.05, 0.1) is 5.69 Å². The van der Waals surface area contributed by atoms with Crippen LogP contribution in [0, 0.1) is 0 Å². The van der Waals surface area contributed by atoms with Crippen molar-refractivity contribution in [2.45, 2.75) is 0 Å². The smallest absolute Gasteiger partial charge is 0.0573 e. The Balaban J connectivity index is 2.09. The van der Waals surface area contributed by atoms with Gasteiger partial charge in [0, 0.05) is 23.0 Å². The van der Waals surface area contributed by atoms with Gasteiger partial charge < -0.3 is 4.90 Å². The Kier molecular flexibility index (Phi) is 3.76. The molecular weight excluding hydrogens is 290 g/mol. The predicted molar refractivity (Wildman–Crippen MR) is 105 cm³/mol. The van der Waals surface area contributed by atoms with Crippen LogP contribution in [0.3, 0.4) is 0 Å². The molecule has 0 atom stereocenters. The number of hydrogen-bond donors (Lipinski definition) is 0. The van der Waals surface area contributed by atoms with Gasteiger partial charge in [-0.15, -0.1) is 6.58 Å². The maximum atomic E-state index is 3.97. The Labute approximate surface area is 142 Å². The summed E-state index contributed by atoms with van der Waals surface area (Å²) < 4.78 is 0. The Bertz CT molecular complexity index is 948. The van der Waals surface area contributed by atoms with Crippen LogP contribution in [-0.2, 0) is 0 Å². The number of nitrogens with zero attached hydrogens (tertiary/aromatic N) is 1. The van der Waals surface area contributed by atoms with Crippen LogP contribution < -0.4 is 4.90 Å². The van der Waals surface area contributed by atoms with Crippen molar-refractivity contribution in [3.8, 4) is 0 Å². The highest BCUT2D eigenvalue weighted by molar-refractivity contribution is 6.12. The quantitative estimate of drug-likeness (QED) is 0.315. The molecule has 1 nitrogen and oxygen atoms in total. The maximum absolute atomic E-state index is 3.97. The second-order valence-electron chi connectivity index (χ2n) is 5.90. The van der Waals surface area contributed by atoms with Crippen LogP contribution in [0.1, 0.15) is 0 Å². The summed E-state index contributed by atoms with van der Waals surface area (Å²) in [7, 11) is 0. The van der Waals surface area contributed by atoms with Crippen molar-refractivity contribution in [1.82, 2.24) is 0 Å². The third-order valence-electron chi connectivity index (χ3n) is 4.39. The molecule has 0 aliphatic heterocycles. The summed E-state index contributed by atoms with van der Waals surface area (Å²) in [5, 5.41) is 5.05. The molecule has 0 saturated carbocycles. The van der Waals surface area contributed by atoms with E-state index in [-0.39, 0.29) is 0 Å². The average Bonchev–Trinajstić information content (AvgIpc) is 2.65. The van der Waals surface area contributed by atoms with Crippen LogP contribution >= 0.6 is 0 Å². The Hall–Kier alpha value is -3.06. The second kappa shape index (κ2) is 6.21. The van der Waals surface area contributed by atoms with Crippen molar-refractivity contribution in [1.29, 1.82) is 0 Å². The summed E-state index contributed by atoms with van der Waals surface area (Å²) in [6.45, 7) is 4.74. The molecule has 24 heavy (non-hydrogen) atoms. The third kappa shape index (κ3) is 2.44. The lowest BCUT2D eigenvalue weighted by atomic mass is 9.99. The molecule has 0 bridgehead atoms. The Morgan fingerprint density at radius 3 is 1.83 bits per heavy atom. The van der Waals surface area contributed by atoms with Gasteiger partial charge in [-0.25, -0.2) is 0 Å². The first kappa shape index (κ1) is 14.5. The Morgan fingerprint density at radius 1 is 0.708 bits per heavy atom. The molecule has 0 saturated heterocycles. The zero-order valence-electron chi connectivity index (χ0n) is 13.5. The van der Waals surface area contributed by atoms with E-state index in [0.717, 1.165) is 6.54 Å². The summed E-state index contributed by atoms with van der Waals surface area (Å²) in [6, 6.07) is 30.0. The Morgan fingerprint density at radius 2 is 1.25 bits per heavy atom. The van der Waals surface area contributed by atoms with Gasteiger partial charge in [-0.05, 0) is 29.0 Å². The van der Waals surface area contributed by atoms with E-state index in [1.54, 1.807) is 0 Å². The van der Waals surface area contributed by atoms with Crippen molar-refractivity contribution < 1.29 is 0 Å². The molecule has 0 fully saturated rings. The molecule has 0 amide bonds. The SMILES string of the molecule is C=CCN(c1ccccc1)c1c2ccccc2cc2ccccc12. The van der Waals surface area contributed by atoms with Gasteiger partial charge in [-0.3, -0.25) is 0 Å². The largest absolute Gasteiger partial charge is 0.337 e. The number of fused-ring (bicyclic) bond motifs is 2. The van der Waals surface area contributed by atoms with Gasteiger partial charge in [0.1, 0.15) is 0 Å². The number of benzene rings is 4. The molecule has 0 unspecified atom stereocenters. The number of rotatable bonds is 4. The molecule has 0 aromatic heterocycles. The number of para-hydroxylation sites is 1. The van der Waals surface area contributed by atoms with Gasteiger partial charge in [0.15, 0.2) is 0 Å². The van der Waals surface area contributed by atoms with E-state index in [4.69, 9.17) is 0 Å². The van der Waals surface area contributed by atoms with Crippen LogP contribution in [0.4, 0.5) is 11.4 Å². The van der Waals surface area contributed by atoms with Gasteiger partial charge in [0.2, 0.25) is 0 Å². The lowest BCUT2D eigenvalue weighted by Crippen LogP contribution is -2.17. The first-order valence-electron chi connectivity index (χ1n) is 8.22. The van der Waals surface area contributed by atoms with Crippen molar-refractivity contribution in [3.63, 3.8) is 0 Å². The van der Waals surface area contributed by atoms with Crippen LogP contribution in [0.2, 0.25) is 0 Å². The van der Waals surface area contributed by atoms with Crippen LogP contribution in [0.25, 0.3) is 21.5 Å². The first-order valence-corrected chi connectivity index (χ1v) is 8.22. The summed E-state index contributed by atoms with van der Waals surface area (Å²) in [5.74, 6) is 0. The molecule has 4 aromatic carbocycles. The molecule has 0 radical (unpaired) electrons. The fourth-order valence-corrected chi connectivity index (χ4v) is 3.34. The number of hydrogen-bond acceptors (Lipinski definition) is 1. The molecule has 4 aromatic rings. The summed E-state index contributed by atoms with van der Waals surface area (Å²) in [6.07, 6.45) is 1.96. The van der Waals surface area contributed by atoms with E-state index in [9.17, 15) is 0 Å². The predicted octanol–water partition coefficient (Wildman–Crippen LogP) is 6.32. The summed E-state index contributed by atoms with van der Waals surface area (Å²) >= 11 is 0. The van der Waals surface area contributed by atoms with Gasteiger partial charge >= 0.3 is 0 Å². The lowest BCUT2D eigenvalue weighted by Gasteiger charge is -2.27. The number of anilines is 2. The minimum atomic E-state index is 0.766. The van der Waals surface area contributed by atoms with Crippen molar-refractivity contribution in [2.24, 2.45) is 0 Å². The fraction of sp³-hybridized carbons (Fsp3) is 0.0435. The summed E-state index contributed by atoms with van der Waals surface area (Å²) in [5.41, 5.74) is 2.42. The van der Waals surface area contributed by atoms with Gasteiger partial charge in [-0.1, -0.05) is 72.8 Å². The highest BCUT2D eigenvalue weighted by Gasteiger charge is 2.15. The maximum Gasteiger partial charge on any atom is 0.0573 e. The normalized spacial score (nSPS) is 10.8. The molecule has 4 rings (SSSR count). The zero-order valence-corrected chi connectivity index (χ0v) is 13.5. The summed E-state index contributed by atoms with van der Waals surface area (Å²) in [4.78, 5) is 2.34. The minimum absolute atomic E-state index is 0.766. The average molecular weight is 309 g/mol. The zero-order chi connectivity index (χ0) is 16.4.